The van der Waals surface area contributed by atoms with Crippen molar-refractivity contribution < 1.29 is 22.7 Å². The number of methoxy groups -OCH3 is 1. The highest BCUT2D eigenvalue weighted by atomic mass is 19.4. The fourth-order valence-corrected chi connectivity index (χ4v) is 2.74. The van der Waals surface area contributed by atoms with Crippen LogP contribution < -0.4 is 5.56 Å². The van der Waals surface area contributed by atoms with Crippen molar-refractivity contribution in [2.24, 2.45) is 0 Å². The van der Waals surface area contributed by atoms with Crippen LogP contribution in [0.3, 0.4) is 0 Å². The van der Waals surface area contributed by atoms with E-state index in [4.69, 9.17) is 4.74 Å². The summed E-state index contributed by atoms with van der Waals surface area (Å²) in [6.45, 7) is 0. The number of pyridine rings is 1. The highest BCUT2D eigenvalue weighted by Gasteiger charge is 2.34. The number of nitrogens with zero attached hydrogens (tertiary/aromatic N) is 3. The Morgan fingerprint density at radius 1 is 1.26 bits per heavy atom. The van der Waals surface area contributed by atoms with Crippen LogP contribution in [0.15, 0.2) is 35.4 Å². The topological polar surface area (TPSA) is 106 Å². The van der Waals surface area contributed by atoms with Gasteiger partial charge in [-0.15, -0.1) is 0 Å². The molecule has 11 heteroatoms. The molecule has 2 N–H and O–H groups in total. The minimum Gasteiger partial charge on any atom is -0.465 e. The molecule has 2 aliphatic heterocycles. The monoisotopic (exact) mass is 377 g/mol. The number of aromatic amines is 2. The lowest BCUT2D eigenvalue weighted by molar-refractivity contribution is -0.144. The molecule has 0 atom stereocenters. The van der Waals surface area contributed by atoms with E-state index in [1.165, 1.54) is 42.3 Å². The Labute approximate surface area is 147 Å². The summed E-state index contributed by atoms with van der Waals surface area (Å²) in [5.74, 6) is -1.81. The Balaban J connectivity index is 1.91. The Morgan fingerprint density at radius 2 is 2.04 bits per heavy atom. The number of aromatic nitrogens is 5. The van der Waals surface area contributed by atoms with E-state index in [-0.39, 0.29) is 27.9 Å². The van der Waals surface area contributed by atoms with Gasteiger partial charge in [-0.2, -0.15) is 18.3 Å². The van der Waals surface area contributed by atoms with Crippen molar-refractivity contribution in [1.29, 1.82) is 0 Å². The SMILES string of the molecule is COC(=O)c1cn(-c2ccc3nc(C(F)(F)F)[nH]c3c2)cc2c(=O)[nH]nc1-2. The average molecular weight is 377 g/mol. The number of nitrogens with one attached hydrogen (secondary N) is 2. The summed E-state index contributed by atoms with van der Waals surface area (Å²) in [6.07, 6.45) is -1.79. The second-order valence-corrected chi connectivity index (χ2v) is 5.67. The van der Waals surface area contributed by atoms with E-state index in [1.807, 2.05) is 0 Å². The van der Waals surface area contributed by atoms with Gasteiger partial charge in [0.15, 0.2) is 0 Å². The van der Waals surface area contributed by atoms with Gasteiger partial charge >= 0.3 is 12.1 Å². The van der Waals surface area contributed by atoms with Gasteiger partial charge in [0, 0.05) is 18.1 Å². The molecule has 1 aromatic heterocycles. The molecule has 2 aliphatic rings. The molecule has 3 heterocycles. The van der Waals surface area contributed by atoms with Gasteiger partial charge in [-0.25, -0.2) is 14.9 Å². The highest BCUT2D eigenvalue weighted by molar-refractivity contribution is 5.96. The third-order valence-electron chi connectivity index (χ3n) is 4.00. The number of imidazole rings is 1. The van der Waals surface area contributed by atoms with Gasteiger partial charge in [0.25, 0.3) is 5.56 Å². The Bertz CT molecular complexity index is 1200. The number of halogens is 3. The molecule has 0 saturated heterocycles. The number of hydrogen-bond acceptors (Lipinski definition) is 5. The number of ether oxygens (including phenoxy) is 1. The molecular formula is C16H10F3N5O3. The predicted molar refractivity (Wildman–Crippen MR) is 86.8 cm³/mol. The summed E-state index contributed by atoms with van der Waals surface area (Å²) in [6, 6.07) is 4.34. The van der Waals surface area contributed by atoms with E-state index in [0.717, 1.165) is 0 Å². The number of alkyl halides is 3. The summed E-state index contributed by atoms with van der Waals surface area (Å²) in [5, 5.41) is 6.07. The maximum Gasteiger partial charge on any atom is 0.449 e. The first-order chi connectivity index (χ1) is 12.8. The first-order valence-corrected chi connectivity index (χ1v) is 7.54. The summed E-state index contributed by atoms with van der Waals surface area (Å²) in [5.41, 5.74) is 0.507. The molecule has 0 radical (unpaired) electrons. The molecule has 8 nitrogen and oxygen atoms in total. The molecule has 4 rings (SSSR count). The highest BCUT2D eigenvalue weighted by Crippen LogP contribution is 2.29. The second kappa shape index (κ2) is 5.69. The molecule has 27 heavy (non-hydrogen) atoms. The predicted octanol–water partition coefficient (Wildman–Crippen LogP) is 2.35. The van der Waals surface area contributed by atoms with Gasteiger partial charge in [0.1, 0.15) is 11.3 Å². The van der Waals surface area contributed by atoms with E-state index < -0.39 is 23.5 Å². The van der Waals surface area contributed by atoms with Crippen molar-refractivity contribution in [2.75, 3.05) is 7.11 Å². The normalized spacial score (nSPS) is 12.0. The minimum absolute atomic E-state index is 0.0361. The zero-order valence-electron chi connectivity index (χ0n) is 13.6. The number of esters is 1. The van der Waals surface area contributed by atoms with Crippen LogP contribution in [0.5, 0.6) is 0 Å². The van der Waals surface area contributed by atoms with Crippen molar-refractivity contribution in [2.45, 2.75) is 6.18 Å². The lowest BCUT2D eigenvalue weighted by atomic mass is 10.1. The maximum atomic E-state index is 12.8. The average Bonchev–Trinajstić information content (AvgIpc) is 3.23. The number of carbonyl (C=O) groups excluding carboxylic acids is 1. The molecule has 0 amide bonds. The lowest BCUT2D eigenvalue weighted by Gasteiger charge is -2.11. The van der Waals surface area contributed by atoms with E-state index in [9.17, 15) is 22.8 Å². The molecule has 0 unspecified atom stereocenters. The van der Waals surface area contributed by atoms with Gasteiger partial charge < -0.3 is 14.3 Å². The van der Waals surface area contributed by atoms with Crippen molar-refractivity contribution in [3.05, 3.63) is 52.3 Å². The molecule has 0 bridgehead atoms. The van der Waals surface area contributed by atoms with Gasteiger partial charge in [0.05, 0.1) is 23.7 Å². The number of H-pyrrole nitrogens is 2. The van der Waals surface area contributed by atoms with E-state index in [1.54, 1.807) is 0 Å². The van der Waals surface area contributed by atoms with Crippen LogP contribution in [0, 0.1) is 0 Å². The van der Waals surface area contributed by atoms with E-state index in [2.05, 4.69) is 20.2 Å². The molecule has 2 aromatic rings. The minimum atomic E-state index is -4.60. The quantitative estimate of drug-likeness (QED) is 0.522. The fraction of sp³-hybridized carbons (Fsp3) is 0.125. The largest absolute Gasteiger partial charge is 0.465 e. The second-order valence-electron chi connectivity index (χ2n) is 5.67. The molecule has 0 saturated carbocycles. The van der Waals surface area contributed by atoms with Crippen molar-refractivity contribution in [3.8, 4) is 16.9 Å². The third-order valence-corrected chi connectivity index (χ3v) is 4.00. The van der Waals surface area contributed by atoms with E-state index in [0.29, 0.717) is 5.69 Å². The molecule has 0 fully saturated rings. The fourth-order valence-electron chi connectivity index (χ4n) is 2.74. The summed E-state index contributed by atoms with van der Waals surface area (Å²) >= 11 is 0. The van der Waals surface area contributed by atoms with Crippen molar-refractivity contribution in [3.63, 3.8) is 0 Å². The third kappa shape index (κ3) is 2.72. The van der Waals surface area contributed by atoms with Crippen LogP contribution in [-0.4, -0.2) is 37.8 Å². The van der Waals surface area contributed by atoms with Crippen LogP contribution in [0.4, 0.5) is 13.2 Å². The molecule has 138 valence electrons. The van der Waals surface area contributed by atoms with Crippen LogP contribution in [0.2, 0.25) is 0 Å². The number of benzene rings is 1. The van der Waals surface area contributed by atoms with Crippen LogP contribution in [0.25, 0.3) is 28.0 Å². The Hall–Kier alpha value is -3.63. The van der Waals surface area contributed by atoms with E-state index >= 15 is 0 Å². The Morgan fingerprint density at radius 3 is 2.74 bits per heavy atom. The summed E-state index contributed by atoms with van der Waals surface area (Å²) in [7, 11) is 1.19. The van der Waals surface area contributed by atoms with Crippen LogP contribution in [0.1, 0.15) is 16.2 Å². The number of carbonyl (C=O) groups is 1. The molecular weight excluding hydrogens is 367 g/mol. The maximum absolute atomic E-state index is 12.8. The number of fused-ring (bicyclic) bond motifs is 2. The zero-order chi connectivity index (χ0) is 19.3. The van der Waals surface area contributed by atoms with Crippen molar-refractivity contribution in [1.82, 2.24) is 24.7 Å². The molecule has 0 aliphatic carbocycles. The molecule has 0 spiro atoms. The zero-order valence-corrected chi connectivity index (χ0v) is 13.6. The first kappa shape index (κ1) is 16.8. The summed E-state index contributed by atoms with van der Waals surface area (Å²) in [4.78, 5) is 29.7. The van der Waals surface area contributed by atoms with Gasteiger partial charge in [-0.1, -0.05) is 0 Å². The smallest absolute Gasteiger partial charge is 0.449 e. The van der Waals surface area contributed by atoms with Crippen LogP contribution in [-0.2, 0) is 10.9 Å². The standard InChI is InChI=1S/C16H10F3N5O3/c1-27-14(26)9-6-24(5-8-12(9)22-23-13(8)25)7-2-3-10-11(4-7)21-15(20-10)16(17,18)19/h2-6H,1H3,(H,20,21)(H,23,25). The Kier molecular flexibility index (Phi) is 3.54. The van der Waals surface area contributed by atoms with Gasteiger partial charge in [-0.3, -0.25) is 4.79 Å². The van der Waals surface area contributed by atoms with Crippen LogP contribution >= 0.6 is 0 Å². The number of hydrogen-bond donors (Lipinski definition) is 2. The van der Waals surface area contributed by atoms with Crippen molar-refractivity contribution >= 4 is 17.0 Å². The lowest BCUT2D eigenvalue weighted by Crippen LogP contribution is -2.11. The molecule has 1 aromatic carbocycles. The summed E-state index contributed by atoms with van der Waals surface area (Å²) < 4.78 is 44.6. The first-order valence-electron chi connectivity index (χ1n) is 7.54. The number of rotatable bonds is 2. The van der Waals surface area contributed by atoms with Gasteiger partial charge in [0.2, 0.25) is 5.82 Å². The van der Waals surface area contributed by atoms with Gasteiger partial charge in [-0.05, 0) is 18.2 Å².